The standard InChI is InChI=1S/C15H19N3O3/c16-12-9-11(6-7-14(12)18(20)21)15(19)17-8-2-4-10-3-1-5-13(10)17/h6-7,9-10,13H,1-5,8,16H2. The normalized spacial score (nSPS) is 24.7. The zero-order valence-corrected chi connectivity index (χ0v) is 11.8. The number of hydrogen-bond donors (Lipinski definition) is 1. The highest BCUT2D eigenvalue weighted by Crippen LogP contribution is 2.37. The zero-order chi connectivity index (χ0) is 15.0. The second-order valence-corrected chi connectivity index (χ2v) is 5.93. The summed E-state index contributed by atoms with van der Waals surface area (Å²) in [4.78, 5) is 24.9. The van der Waals surface area contributed by atoms with Gasteiger partial charge < -0.3 is 10.6 Å². The smallest absolute Gasteiger partial charge is 0.292 e. The first-order valence-corrected chi connectivity index (χ1v) is 7.43. The van der Waals surface area contributed by atoms with Crippen molar-refractivity contribution in [2.75, 3.05) is 12.3 Å². The molecule has 1 saturated carbocycles. The summed E-state index contributed by atoms with van der Waals surface area (Å²) in [6.45, 7) is 0.775. The Bertz CT molecular complexity index is 588. The van der Waals surface area contributed by atoms with Gasteiger partial charge in [0.1, 0.15) is 5.69 Å². The van der Waals surface area contributed by atoms with Gasteiger partial charge in [-0.05, 0) is 43.7 Å². The zero-order valence-electron chi connectivity index (χ0n) is 11.8. The van der Waals surface area contributed by atoms with E-state index in [1.807, 2.05) is 4.90 Å². The topological polar surface area (TPSA) is 89.5 Å². The van der Waals surface area contributed by atoms with Crippen molar-refractivity contribution in [3.05, 3.63) is 33.9 Å². The number of carbonyl (C=O) groups excluding carboxylic acids is 1. The van der Waals surface area contributed by atoms with E-state index in [0.29, 0.717) is 17.5 Å². The first-order chi connectivity index (χ1) is 10.1. The number of amides is 1. The summed E-state index contributed by atoms with van der Waals surface area (Å²) in [6, 6.07) is 4.59. The molecule has 1 heterocycles. The molecule has 0 radical (unpaired) electrons. The van der Waals surface area contributed by atoms with E-state index in [9.17, 15) is 14.9 Å². The van der Waals surface area contributed by atoms with E-state index < -0.39 is 4.92 Å². The number of benzene rings is 1. The highest BCUT2D eigenvalue weighted by molar-refractivity contribution is 5.96. The molecule has 2 aliphatic rings. The Kier molecular flexibility index (Phi) is 3.53. The van der Waals surface area contributed by atoms with Crippen LogP contribution in [0, 0.1) is 16.0 Å². The molecule has 2 atom stereocenters. The molecule has 6 nitrogen and oxygen atoms in total. The summed E-state index contributed by atoms with van der Waals surface area (Å²) in [6.07, 6.45) is 5.70. The summed E-state index contributed by atoms with van der Waals surface area (Å²) in [7, 11) is 0. The van der Waals surface area contributed by atoms with E-state index >= 15 is 0 Å². The number of rotatable bonds is 2. The SMILES string of the molecule is Nc1cc(C(=O)N2CCCC3CCCC32)ccc1[N+](=O)[O-]. The van der Waals surface area contributed by atoms with E-state index in [4.69, 9.17) is 5.73 Å². The van der Waals surface area contributed by atoms with Gasteiger partial charge in [-0.2, -0.15) is 0 Å². The van der Waals surface area contributed by atoms with Crippen LogP contribution in [0.3, 0.4) is 0 Å². The number of carbonyl (C=O) groups is 1. The Morgan fingerprint density at radius 3 is 2.76 bits per heavy atom. The van der Waals surface area contributed by atoms with Gasteiger partial charge >= 0.3 is 0 Å². The van der Waals surface area contributed by atoms with Crippen molar-refractivity contribution < 1.29 is 9.72 Å². The summed E-state index contributed by atoms with van der Waals surface area (Å²) in [5.41, 5.74) is 6.03. The van der Waals surface area contributed by atoms with Gasteiger partial charge in [-0.1, -0.05) is 6.42 Å². The molecule has 2 N–H and O–H groups in total. The maximum absolute atomic E-state index is 12.7. The van der Waals surface area contributed by atoms with Crippen molar-refractivity contribution in [3.8, 4) is 0 Å². The van der Waals surface area contributed by atoms with Gasteiger partial charge in [0.2, 0.25) is 0 Å². The molecule has 0 bridgehead atoms. The van der Waals surface area contributed by atoms with Gasteiger partial charge in [0.05, 0.1) is 4.92 Å². The number of nitro benzene ring substituents is 1. The van der Waals surface area contributed by atoms with E-state index in [1.165, 1.54) is 37.5 Å². The molecular formula is C15H19N3O3. The van der Waals surface area contributed by atoms with Crippen LogP contribution < -0.4 is 5.73 Å². The fraction of sp³-hybridized carbons (Fsp3) is 0.533. The second kappa shape index (κ2) is 5.35. The Hall–Kier alpha value is -2.11. The molecule has 1 saturated heterocycles. The van der Waals surface area contributed by atoms with Gasteiger partial charge in [0, 0.05) is 24.2 Å². The molecule has 0 spiro atoms. The number of fused-ring (bicyclic) bond motifs is 1. The van der Waals surface area contributed by atoms with Crippen LogP contribution in [0.15, 0.2) is 18.2 Å². The monoisotopic (exact) mass is 289 g/mol. The number of anilines is 1. The number of piperidine rings is 1. The number of nitrogens with two attached hydrogens (primary N) is 1. The molecule has 1 aromatic carbocycles. The van der Waals surface area contributed by atoms with Crippen molar-refractivity contribution in [3.63, 3.8) is 0 Å². The van der Waals surface area contributed by atoms with Gasteiger partial charge in [-0.25, -0.2) is 0 Å². The summed E-state index contributed by atoms with van der Waals surface area (Å²) in [5, 5.41) is 10.8. The summed E-state index contributed by atoms with van der Waals surface area (Å²) >= 11 is 0. The van der Waals surface area contributed by atoms with Crippen LogP contribution in [0.4, 0.5) is 11.4 Å². The lowest BCUT2D eigenvalue weighted by Crippen LogP contribution is -2.46. The van der Waals surface area contributed by atoms with Crippen LogP contribution in [-0.2, 0) is 0 Å². The summed E-state index contributed by atoms with van der Waals surface area (Å²) < 4.78 is 0. The molecule has 1 amide bonds. The lowest BCUT2D eigenvalue weighted by atomic mass is 9.91. The molecule has 6 heteroatoms. The molecule has 1 aromatic rings. The van der Waals surface area contributed by atoms with Gasteiger partial charge in [-0.3, -0.25) is 14.9 Å². The molecular weight excluding hydrogens is 270 g/mol. The van der Waals surface area contributed by atoms with Crippen molar-refractivity contribution in [1.29, 1.82) is 0 Å². The first-order valence-electron chi connectivity index (χ1n) is 7.43. The van der Waals surface area contributed by atoms with Crippen LogP contribution in [0.25, 0.3) is 0 Å². The minimum Gasteiger partial charge on any atom is -0.393 e. The summed E-state index contributed by atoms with van der Waals surface area (Å²) in [5.74, 6) is 0.575. The fourth-order valence-electron chi connectivity index (χ4n) is 3.73. The quantitative estimate of drug-likeness (QED) is 0.514. The van der Waals surface area contributed by atoms with E-state index in [1.54, 1.807) is 0 Å². The van der Waals surface area contributed by atoms with E-state index in [-0.39, 0.29) is 17.3 Å². The van der Waals surface area contributed by atoms with Gasteiger partial charge in [-0.15, -0.1) is 0 Å². The molecule has 2 fully saturated rings. The predicted octanol–water partition coefficient (Wildman–Crippen LogP) is 2.58. The predicted molar refractivity (Wildman–Crippen MR) is 78.9 cm³/mol. The molecule has 0 aromatic heterocycles. The second-order valence-electron chi connectivity index (χ2n) is 5.93. The third kappa shape index (κ3) is 2.46. The average molecular weight is 289 g/mol. The number of nitrogen functional groups attached to an aromatic ring is 1. The average Bonchev–Trinajstić information content (AvgIpc) is 2.94. The van der Waals surface area contributed by atoms with Crippen LogP contribution in [0.1, 0.15) is 42.5 Å². The number of likely N-dealkylation sites (tertiary alicyclic amines) is 1. The van der Waals surface area contributed by atoms with Crippen molar-refractivity contribution in [2.24, 2.45) is 5.92 Å². The highest BCUT2D eigenvalue weighted by Gasteiger charge is 2.37. The van der Waals surface area contributed by atoms with Crippen molar-refractivity contribution in [1.82, 2.24) is 4.90 Å². The maximum Gasteiger partial charge on any atom is 0.292 e. The van der Waals surface area contributed by atoms with Gasteiger partial charge in [0.15, 0.2) is 0 Å². The van der Waals surface area contributed by atoms with Crippen molar-refractivity contribution in [2.45, 2.75) is 38.1 Å². The lowest BCUT2D eigenvalue weighted by molar-refractivity contribution is -0.383. The molecule has 1 aliphatic heterocycles. The van der Waals surface area contributed by atoms with Crippen molar-refractivity contribution >= 4 is 17.3 Å². The molecule has 3 rings (SSSR count). The largest absolute Gasteiger partial charge is 0.393 e. The van der Waals surface area contributed by atoms with E-state index in [2.05, 4.69) is 0 Å². The maximum atomic E-state index is 12.7. The van der Waals surface area contributed by atoms with Crippen LogP contribution >= 0.6 is 0 Å². The first kappa shape index (κ1) is 13.9. The molecule has 21 heavy (non-hydrogen) atoms. The third-order valence-corrected chi connectivity index (χ3v) is 4.73. The fourth-order valence-corrected chi connectivity index (χ4v) is 3.73. The highest BCUT2D eigenvalue weighted by atomic mass is 16.6. The Morgan fingerprint density at radius 2 is 2.05 bits per heavy atom. The van der Waals surface area contributed by atoms with E-state index in [0.717, 1.165) is 19.4 Å². The minimum absolute atomic E-state index is 0.0471. The van der Waals surface area contributed by atoms with Gasteiger partial charge in [0.25, 0.3) is 11.6 Å². The van der Waals surface area contributed by atoms with Crippen LogP contribution in [-0.4, -0.2) is 28.3 Å². The molecule has 1 aliphatic carbocycles. The third-order valence-electron chi connectivity index (χ3n) is 4.73. The lowest BCUT2D eigenvalue weighted by Gasteiger charge is -2.37. The molecule has 112 valence electrons. The number of hydrogen-bond acceptors (Lipinski definition) is 4. The Labute approximate surface area is 123 Å². The Morgan fingerprint density at radius 1 is 1.29 bits per heavy atom. The van der Waals surface area contributed by atoms with Crippen LogP contribution in [0.2, 0.25) is 0 Å². The van der Waals surface area contributed by atoms with Crippen LogP contribution in [0.5, 0.6) is 0 Å². The number of nitro groups is 1. The minimum atomic E-state index is -0.530. The number of nitrogens with zero attached hydrogens (tertiary/aromatic N) is 2. The Balaban J connectivity index is 1.84. The molecule has 2 unspecified atom stereocenters.